The van der Waals surface area contributed by atoms with Crippen LogP contribution < -0.4 is 10.1 Å². The van der Waals surface area contributed by atoms with Gasteiger partial charge in [0.2, 0.25) is 5.82 Å². The number of hydrogen-bond acceptors (Lipinski definition) is 6. The number of hydrogen-bond donors (Lipinski definition) is 1. The van der Waals surface area contributed by atoms with Crippen LogP contribution in [0.2, 0.25) is 0 Å². The summed E-state index contributed by atoms with van der Waals surface area (Å²) < 4.78 is 5.45. The average molecular weight is 286 g/mol. The molecule has 0 radical (unpaired) electrons. The first-order valence-electron chi connectivity index (χ1n) is 6.70. The summed E-state index contributed by atoms with van der Waals surface area (Å²) in [5.74, 6) is 1.08. The zero-order chi connectivity index (χ0) is 14.8. The zero-order valence-electron chi connectivity index (χ0n) is 11.5. The Balaban J connectivity index is 2.13. The van der Waals surface area contributed by atoms with Gasteiger partial charge >= 0.3 is 5.69 Å². The molecule has 0 atom stereocenters. The first-order valence-corrected chi connectivity index (χ1v) is 6.70. The Morgan fingerprint density at radius 1 is 1.43 bits per heavy atom. The van der Waals surface area contributed by atoms with Crippen molar-refractivity contribution in [2.24, 2.45) is 0 Å². The van der Waals surface area contributed by atoms with Gasteiger partial charge < -0.3 is 10.1 Å². The lowest BCUT2D eigenvalue weighted by molar-refractivity contribution is -0.383. The van der Waals surface area contributed by atoms with Crippen LogP contribution in [0.15, 0.2) is 24.5 Å². The molecule has 1 aliphatic rings. The van der Waals surface area contributed by atoms with E-state index in [1.807, 2.05) is 19.1 Å². The van der Waals surface area contributed by atoms with E-state index in [1.165, 1.54) is 6.33 Å². The number of nitro groups is 1. The third kappa shape index (κ3) is 2.37. The number of anilines is 1. The van der Waals surface area contributed by atoms with Crippen molar-refractivity contribution < 1.29 is 9.66 Å². The predicted molar refractivity (Wildman–Crippen MR) is 77.5 cm³/mol. The minimum absolute atomic E-state index is 0.0989. The first kappa shape index (κ1) is 13.3. The van der Waals surface area contributed by atoms with Gasteiger partial charge in [-0.25, -0.2) is 9.97 Å². The number of aromatic nitrogens is 2. The summed E-state index contributed by atoms with van der Waals surface area (Å²) in [6.07, 6.45) is 2.15. The SMILES string of the molecule is CCNc1ncnc(-c2ccc3c(c2)CCO3)c1[N+](=O)[O-]. The van der Waals surface area contributed by atoms with Crippen LogP contribution >= 0.6 is 0 Å². The van der Waals surface area contributed by atoms with E-state index < -0.39 is 4.92 Å². The number of nitrogens with zero attached hydrogens (tertiary/aromatic N) is 3. The molecule has 0 bridgehead atoms. The van der Waals surface area contributed by atoms with E-state index in [0.717, 1.165) is 17.7 Å². The molecule has 0 spiro atoms. The van der Waals surface area contributed by atoms with E-state index in [4.69, 9.17) is 4.74 Å². The lowest BCUT2D eigenvalue weighted by Gasteiger charge is -2.08. The van der Waals surface area contributed by atoms with Crippen LogP contribution in [-0.4, -0.2) is 28.0 Å². The van der Waals surface area contributed by atoms with Gasteiger partial charge in [-0.05, 0) is 30.7 Å². The predicted octanol–water partition coefficient (Wildman–Crippen LogP) is 2.42. The van der Waals surface area contributed by atoms with Crippen LogP contribution in [0.3, 0.4) is 0 Å². The van der Waals surface area contributed by atoms with Crippen LogP contribution in [0.4, 0.5) is 11.5 Å². The fraction of sp³-hybridized carbons (Fsp3) is 0.286. The van der Waals surface area contributed by atoms with E-state index >= 15 is 0 Å². The maximum Gasteiger partial charge on any atom is 0.337 e. The Morgan fingerprint density at radius 2 is 2.29 bits per heavy atom. The van der Waals surface area contributed by atoms with Crippen LogP contribution in [0.1, 0.15) is 12.5 Å². The summed E-state index contributed by atoms with van der Waals surface area (Å²) in [5, 5.41) is 14.3. The van der Waals surface area contributed by atoms with Crippen molar-refractivity contribution in [3.05, 3.63) is 40.2 Å². The monoisotopic (exact) mass is 286 g/mol. The van der Waals surface area contributed by atoms with Crippen molar-refractivity contribution in [3.8, 4) is 17.0 Å². The van der Waals surface area contributed by atoms with Crippen LogP contribution in [-0.2, 0) is 6.42 Å². The number of benzene rings is 1. The molecule has 0 aliphatic carbocycles. The first-order chi connectivity index (χ1) is 10.2. The molecule has 7 nitrogen and oxygen atoms in total. The molecule has 0 fully saturated rings. The van der Waals surface area contributed by atoms with Gasteiger partial charge in [0.25, 0.3) is 0 Å². The maximum atomic E-state index is 11.4. The quantitative estimate of drug-likeness (QED) is 0.685. The Bertz CT molecular complexity index is 703. The molecule has 0 unspecified atom stereocenters. The van der Waals surface area contributed by atoms with E-state index in [0.29, 0.717) is 24.4 Å². The molecule has 1 aliphatic heterocycles. The fourth-order valence-corrected chi connectivity index (χ4v) is 2.39. The van der Waals surface area contributed by atoms with E-state index in [1.54, 1.807) is 6.07 Å². The second kappa shape index (κ2) is 5.35. The van der Waals surface area contributed by atoms with Crippen LogP contribution in [0.5, 0.6) is 5.75 Å². The highest BCUT2D eigenvalue weighted by atomic mass is 16.6. The van der Waals surface area contributed by atoms with Crippen molar-refractivity contribution in [2.45, 2.75) is 13.3 Å². The van der Waals surface area contributed by atoms with E-state index in [2.05, 4.69) is 15.3 Å². The third-order valence-corrected chi connectivity index (χ3v) is 3.31. The average Bonchev–Trinajstić information content (AvgIpc) is 2.94. The standard InChI is InChI=1S/C14H14N4O3/c1-2-15-14-13(18(19)20)12(16-8-17-14)10-3-4-11-9(7-10)5-6-21-11/h3-4,7-8H,2,5-6H2,1H3,(H,15,16,17). The lowest BCUT2D eigenvalue weighted by Crippen LogP contribution is -2.06. The number of nitrogens with one attached hydrogen (secondary N) is 1. The van der Waals surface area contributed by atoms with Crippen molar-refractivity contribution >= 4 is 11.5 Å². The highest BCUT2D eigenvalue weighted by Gasteiger charge is 2.24. The molecular formula is C14H14N4O3. The van der Waals surface area contributed by atoms with Crippen molar-refractivity contribution in [1.29, 1.82) is 0 Å². The molecular weight excluding hydrogens is 272 g/mol. The minimum atomic E-state index is -0.447. The molecule has 2 aromatic rings. The molecule has 108 valence electrons. The van der Waals surface area contributed by atoms with Crippen molar-refractivity contribution in [2.75, 3.05) is 18.5 Å². The highest BCUT2D eigenvalue weighted by Crippen LogP contribution is 2.36. The summed E-state index contributed by atoms with van der Waals surface area (Å²) >= 11 is 0. The highest BCUT2D eigenvalue weighted by molar-refractivity contribution is 5.77. The molecule has 1 N–H and O–H groups in total. The minimum Gasteiger partial charge on any atom is -0.493 e. The van der Waals surface area contributed by atoms with E-state index in [-0.39, 0.29) is 11.5 Å². The third-order valence-electron chi connectivity index (χ3n) is 3.31. The lowest BCUT2D eigenvalue weighted by atomic mass is 10.0. The molecule has 7 heteroatoms. The Morgan fingerprint density at radius 3 is 3.05 bits per heavy atom. The smallest absolute Gasteiger partial charge is 0.337 e. The van der Waals surface area contributed by atoms with Gasteiger partial charge in [-0.1, -0.05) is 0 Å². The topological polar surface area (TPSA) is 90.2 Å². The normalized spacial score (nSPS) is 12.6. The number of fused-ring (bicyclic) bond motifs is 1. The Labute approximate surface area is 121 Å². The van der Waals surface area contributed by atoms with Crippen molar-refractivity contribution in [3.63, 3.8) is 0 Å². The van der Waals surface area contributed by atoms with Crippen molar-refractivity contribution in [1.82, 2.24) is 9.97 Å². The van der Waals surface area contributed by atoms with Gasteiger partial charge in [-0.3, -0.25) is 10.1 Å². The summed E-state index contributed by atoms with van der Waals surface area (Å²) in [4.78, 5) is 19.0. The van der Waals surface area contributed by atoms with Gasteiger partial charge in [0.05, 0.1) is 11.5 Å². The molecule has 0 amide bonds. The summed E-state index contributed by atoms with van der Waals surface area (Å²) in [6.45, 7) is 3.06. The van der Waals surface area contributed by atoms with Gasteiger partial charge in [-0.2, -0.15) is 0 Å². The van der Waals surface area contributed by atoms with Gasteiger partial charge in [0, 0.05) is 18.5 Å². The molecule has 0 saturated heterocycles. The number of rotatable bonds is 4. The van der Waals surface area contributed by atoms with Gasteiger partial charge in [0.15, 0.2) is 5.69 Å². The Kier molecular flexibility index (Phi) is 3.39. The summed E-state index contributed by atoms with van der Waals surface area (Å²) in [5.41, 5.74) is 1.97. The summed E-state index contributed by atoms with van der Waals surface area (Å²) in [7, 11) is 0. The molecule has 1 aromatic carbocycles. The maximum absolute atomic E-state index is 11.4. The Hall–Kier alpha value is -2.70. The van der Waals surface area contributed by atoms with Crippen LogP contribution in [0.25, 0.3) is 11.3 Å². The number of ether oxygens (including phenoxy) is 1. The second-order valence-electron chi connectivity index (χ2n) is 4.63. The molecule has 2 heterocycles. The van der Waals surface area contributed by atoms with Gasteiger partial charge in [-0.15, -0.1) is 0 Å². The molecule has 3 rings (SSSR count). The van der Waals surface area contributed by atoms with Crippen LogP contribution in [0, 0.1) is 10.1 Å². The fourth-order valence-electron chi connectivity index (χ4n) is 2.39. The molecule has 0 saturated carbocycles. The summed E-state index contributed by atoms with van der Waals surface area (Å²) in [6, 6.07) is 5.51. The van der Waals surface area contributed by atoms with E-state index in [9.17, 15) is 10.1 Å². The molecule has 1 aromatic heterocycles. The largest absolute Gasteiger partial charge is 0.493 e. The molecule has 21 heavy (non-hydrogen) atoms. The zero-order valence-corrected chi connectivity index (χ0v) is 11.5. The van der Waals surface area contributed by atoms with Gasteiger partial charge in [0.1, 0.15) is 12.1 Å². The second-order valence-corrected chi connectivity index (χ2v) is 4.63.